The second kappa shape index (κ2) is 6.72. The molecular formula is C9H15N5O. The number of aryl methyl sites for hydroxylation is 1. The van der Waals surface area contributed by atoms with Crippen molar-refractivity contribution in [2.24, 2.45) is 5.73 Å². The molecule has 3 N–H and O–H groups in total. The van der Waals surface area contributed by atoms with Gasteiger partial charge in [0.15, 0.2) is 0 Å². The Morgan fingerprint density at radius 2 is 2.40 bits per heavy atom. The first kappa shape index (κ1) is 11.4. The minimum atomic E-state index is -0.00725. The van der Waals surface area contributed by atoms with Crippen LogP contribution in [-0.4, -0.2) is 33.8 Å². The van der Waals surface area contributed by atoms with Crippen LogP contribution in [0.2, 0.25) is 0 Å². The van der Waals surface area contributed by atoms with E-state index in [1.54, 1.807) is 17.1 Å². The van der Waals surface area contributed by atoms with Crippen molar-refractivity contribution in [1.29, 1.82) is 0 Å². The van der Waals surface area contributed by atoms with E-state index < -0.39 is 0 Å². The Morgan fingerprint density at radius 3 is 3.07 bits per heavy atom. The summed E-state index contributed by atoms with van der Waals surface area (Å²) in [5.41, 5.74) is 5.25. The molecule has 0 aliphatic heterocycles. The van der Waals surface area contributed by atoms with Gasteiger partial charge in [0, 0.05) is 19.5 Å². The number of amides is 1. The minimum absolute atomic E-state index is 0.00725. The molecule has 0 saturated carbocycles. The van der Waals surface area contributed by atoms with Crippen LogP contribution in [0.1, 0.15) is 6.42 Å². The number of nitrogens with one attached hydrogen (secondary N) is 1. The van der Waals surface area contributed by atoms with E-state index in [1.807, 2.05) is 6.08 Å². The third kappa shape index (κ3) is 4.92. The molecule has 0 spiro atoms. The molecule has 0 fully saturated rings. The van der Waals surface area contributed by atoms with E-state index in [1.165, 1.54) is 6.33 Å². The Kier molecular flexibility index (Phi) is 5.10. The number of hydrogen-bond acceptors (Lipinski definition) is 4. The van der Waals surface area contributed by atoms with E-state index in [9.17, 15) is 4.79 Å². The summed E-state index contributed by atoms with van der Waals surface area (Å²) in [7, 11) is 0. The molecule has 0 radical (unpaired) electrons. The SMILES string of the molecule is NC/C=C/CNC(=O)CCn1cncn1. The van der Waals surface area contributed by atoms with Gasteiger partial charge in [-0.25, -0.2) is 4.98 Å². The zero-order valence-electron chi connectivity index (χ0n) is 8.47. The Labute approximate surface area is 88.2 Å². The molecule has 0 unspecified atom stereocenters. The summed E-state index contributed by atoms with van der Waals surface area (Å²) in [5, 5.41) is 6.63. The second-order valence-electron chi connectivity index (χ2n) is 2.92. The van der Waals surface area contributed by atoms with Crippen LogP contribution in [0.5, 0.6) is 0 Å². The summed E-state index contributed by atoms with van der Waals surface area (Å²) < 4.78 is 1.62. The van der Waals surface area contributed by atoms with E-state index in [0.717, 1.165) is 0 Å². The molecule has 6 heteroatoms. The van der Waals surface area contributed by atoms with Crippen LogP contribution in [-0.2, 0) is 11.3 Å². The van der Waals surface area contributed by atoms with Crippen LogP contribution >= 0.6 is 0 Å². The molecule has 1 heterocycles. The van der Waals surface area contributed by atoms with Gasteiger partial charge in [-0.3, -0.25) is 9.48 Å². The normalized spacial score (nSPS) is 10.7. The van der Waals surface area contributed by atoms with E-state index in [4.69, 9.17) is 5.73 Å². The van der Waals surface area contributed by atoms with Gasteiger partial charge in [-0.15, -0.1) is 0 Å². The molecule has 0 saturated heterocycles. The molecule has 1 aromatic rings. The van der Waals surface area contributed by atoms with Crippen LogP contribution in [0, 0.1) is 0 Å². The van der Waals surface area contributed by atoms with Gasteiger partial charge >= 0.3 is 0 Å². The van der Waals surface area contributed by atoms with Gasteiger partial charge < -0.3 is 11.1 Å². The van der Waals surface area contributed by atoms with Gasteiger partial charge in [-0.05, 0) is 0 Å². The fraction of sp³-hybridized carbons (Fsp3) is 0.444. The first-order chi connectivity index (χ1) is 7.33. The molecule has 0 bridgehead atoms. The summed E-state index contributed by atoms with van der Waals surface area (Å²) in [5.74, 6) is -0.00725. The first-order valence-electron chi connectivity index (χ1n) is 4.77. The van der Waals surface area contributed by atoms with Crippen LogP contribution in [0.4, 0.5) is 0 Å². The van der Waals surface area contributed by atoms with Crippen molar-refractivity contribution in [2.75, 3.05) is 13.1 Å². The standard InChI is InChI=1S/C9H15N5O/c10-4-1-2-5-12-9(15)3-6-14-8-11-7-13-14/h1-2,7-8H,3-6,10H2,(H,12,15)/b2-1+. The fourth-order valence-electron chi connectivity index (χ4n) is 1.00. The van der Waals surface area contributed by atoms with E-state index >= 15 is 0 Å². The van der Waals surface area contributed by atoms with Crippen molar-refractivity contribution in [3.8, 4) is 0 Å². The number of aromatic nitrogens is 3. The van der Waals surface area contributed by atoms with Gasteiger partial charge in [-0.1, -0.05) is 12.2 Å². The number of rotatable bonds is 6. The third-order valence-electron chi connectivity index (χ3n) is 1.75. The predicted octanol–water partition coefficient (Wildman–Crippen LogP) is -0.701. The molecule has 0 aromatic carbocycles. The van der Waals surface area contributed by atoms with Gasteiger partial charge in [-0.2, -0.15) is 5.10 Å². The van der Waals surface area contributed by atoms with Crippen LogP contribution in [0.15, 0.2) is 24.8 Å². The molecule has 0 aliphatic rings. The van der Waals surface area contributed by atoms with Crippen LogP contribution in [0.25, 0.3) is 0 Å². The number of nitrogens with two attached hydrogens (primary N) is 1. The maximum Gasteiger partial charge on any atom is 0.222 e. The maximum absolute atomic E-state index is 11.3. The maximum atomic E-state index is 11.3. The minimum Gasteiger partial charge on any atom is -0.353 e. The van der Waals surface area contributed by atoms with Crippen molar-refractivity contribution in [3.63, 3.8) is 0 Å². The number of carbonyl (C=O) groups is 1. The molecule has 15 heavy (non-hydrogen) atoms. The Hall–Kier alpha value is -1.69. The Balaban J connectivity index is 2.11. The first-order valence-corrected chi connectivity index (χ1v) is 4.77. The highest BCUT2D eigenvalue weighted by molar-refractivity contribution is 5.75. The molecule has 0 atom stereocenters. The summed E-state index contributed by atoms with van der Waals surface area (Å²) in [4.78, 5) is 15.0. The zero-order valence-corrected chi connectivity index (χ0v) is 8.47. The molecule has 1 aromatic heterocycles. The molecule has 6 nitrogen and oxygen atoms in total. The Morgan fingerprint density at radius 1 is 1.53 bits per heavy atom. The lowest BCUT2D eigenvalue weighted by atomic mass is 10.4. The predicted molar refractivity (Wildman–Crippen MR) is 55.8 cm³/mol. The quantitative estimate of drug-likeness (QED) is 0.606. The molecular weight excluding hydrogens is 194 g/mol. The lowest BCUT2D eigenvalue weighted by Crippen LogP contribution is -2.24. The second-order valence-corrected chi connectivity index (χ2v) is 2.92. The highest BCUT2D eigenvalue weighted by Gasteiger charge is 1.99. The van der Waals surface area contributed by atoms with Crippen molar-refractivity contribution in [3.05, 3.63) is 24.8 Å². The average molecular weight is 209 g/mol. The molecule has 1 rings (SSSR count). The van der Waals surface area contributed by atoms with Crippen molar-refractivity contribution in [2.45, 2.75) is 13.0 Å². The largest absolute Gasteiger partial charge is 0.353 e. The zero-order chi connectivity index (χ0) is 10.9. The van der Waals surface area contributed by atoms with E-state index in [-0.39, 0.29) is 5.91 Å². The lowest BCUT2D eigenvalue weighted by Gasteiger charge is -2.01. The van der Waals surface area contributed by atoms with E-state index in [2.05, 4.69) is 15.4 Å². The van der Waals surface area contributed by atoms with Crippen molar-refractivity contribution in [1.82, 2.24) is 20.1 Å². The monoisotopic (exact) mass is 209 g/mol. The summed E-state index contributed by atoms with van der Waals surface area (Å²) in [6.07, 6.45) is 7.06. The van der Waals surface area contributed by atoms with E-state index in [0.29, 0.717) is 26.1 Å². The molecule has 82 valence electrons. The number of nitrogens with zero attached hydrogens (tertiary/aromatic N) is 3. The van der Waals surface area contributed by atoms with Crippen molar-refractivity contribution >= 4 is 5.91 Å². The molecule has 0 aliphatic carbocycles. The van der Waals surface area contributed by atoms with Crippen molar-refractivity contribution < 1.29 is 4.79 Å². The van der Waals surface area contributed by atoms with Gasteiger partial charge in [0.05, 0.1) is 6.54 Å². The Bertz CT molecular complexity index is 306. The summed E-state index contributed by atoms with van der Waals surface area (Å²) >= 11 is 0. The third-order valence-corrected chi connectivity index (χ3v) is 1.75. The highest BCUT2D eigenvalue weighted by Crippen LogP contribution is 1.86. The lowest BCUT2D eigenvalue weighted by molar-refractivity contribution is -0.121. The average Bonchev–Trinajstić information content (AvgIpc) is 2.74. The summed E-state index contributed by atoms with van der Waals surface area (Å²) in [6.45, 7) is 1.56. The smallest absolute Gasteiger partial charge is 0.222 e. The van der Waals surface area contributed by atoms with Gasteiger partial charge in [0.25, 0.3) is 0 Å². The topological polar surface area (TPSA) is 85.8 Å². The highest BCUT2D eigenvalue weighted by atomic mass is 16.1. The fourth-order valence-corrected chi connectivity index (χ4v) is 1.00. The van der Waals surface area contributed by atoms with Crippen LogP contribution in [0.3, 0.4) is 0 Å². The van der Waals surface area contributed by atoms with Gasteiger partial charge in [0.2, 0.25) is 5.91 Å². The van der Waals surface area contributed by atoms with Crippen LogP contribution < -0.4 is 11.1 Å². The van der Waals surface area contributed by atoms with Gasteiger partial charge in [0.1, 0.15) is 12.7 Å². The number of carbonyl (C=O) groups excluding carboxylic acids is 1. The molecule has 1 amide bonds. The number of hydrogen-bond donors (Lipinski definition) is 2. The summed E-state index contributed by atoms with van der Waals surface area (Å²) in [6, 6.07) is 0.